The average molecular weight is 327 g/mol. The number of hydrazone groups is 1. The number of hydrogen-bond acceptors (Lipinski definition) is 3. The largest absolute Gasteiger partial charge is 0.497 e. The van der Waals surface area contributed by atoms with E-state index in [2.05, 4.69) is 22.8 Å². The topological polar surface area (TPSA) is 45.7 Å². The number of methoxy groups -OCH3 is 1. The summed E-state index contributed by atoms with van der Waals surface area (Å²) < 4.78 is 5.14. The maximum Gasteiger partial charge on any atom is 0.187 e. The van der Waals surface area contributed by atoms with E-state index in [4.69, 9.17) is 17.0 Å². The molecule has 2 N–H and O–H groups in total. The molecule has 5 heteroatoms. The van der Waals surface area contributed by atoms with Gasteiger partial charge < -0.3 is 10.1 Å². The molecule has 0 atom stereocenters. The van der Waals surface area contributed by atoms with Gasteiger partial charge in [0.15, 0.2) is 5.11 Å². The van der Waals surface area contributed by atoms with Crippen LogP contribution in [0, 0.1) is 0 Å². The SMILES string of the molecule is CC/C(=N/NC(=S)NCc1ccc(OC)cc1)c1ccccc1. The summed E-state index contributed by atoms with van der Waals surface area (Å²) in [6.45, 7) is 2.71. The highest BCUT2D eigenvalue weighted by molar-refractivity contribution is 7.80. The van der Waals surface area contributed by atoms with Gasteiger partial charge in [-0.3, -0.25) is 5.43 Å². The molecular weight excluding hydrogens is 306 g/mol. The molecule has 4 nitrogen and oxygen atoms in total. The lowest BCUT2D eigenvalue weighted by molar-refractivity contribution is 0.414. The van der Waals surface area contributed by atoms with Crippen LogP contribution in [0.5, 0.6) is 5.75 Å². The molecule has 0 amide bonds. The molecule has 0 saturated heterocycles. The second kappa shape index (κ2) is 8.90. The van der Waals surface area contributed by atoms with Gasteiger partial charge in [-0.1, -0.05) is 49.4 Å². The first kappa shape index (κ1) is 17.0. The summed E-state index contributed by atoms with van der Waals surface area (Å²) >= 11 is 5.26. The van der Waals surface area contributed by atoms with Crippen LogP contribution in [-0.4, -0.2) is 17.9 Å². The zero-order valence-corrected chi connectivity index (χ0v) is 14.2. The predicted molar refractivity (Wildman–Crippen MR) is 98.8 cm³/mol. The van der Waals surface area contributed by atoms with Gasteiger partial charge in [0.25, 0.3) is 0 Å². The third-order valence-corrected chi connectivity index (χ3v) is 3.58. The van der Waals surface area contributed by atoms with Crippen LogP contribution in [-0.2, 0) is 6.54 Å². The van der Waals surface area contributed by atoms with Crippen molar-refractivity contribution >= 4 is 23.0 Å². The van der Waals surface area contributed by atoms with Gasteiger partial charge in [-0.2, -0.15) is 5.10 Å². The Bertz CT molecular complexity index is 654. The highest BCUT2D eigenvalue weighted by Gasteiger charge is 2.01. The Kier molecular flexibility index (Phi) is 6.56. The summed E-state index contributed by atoms with van der Waals surface area (Å²) in [5.74, 6) is 0.842. The number of thiocarbonyl (C=S) groups is 1. The molecule has 0 aromatic heterocycles. The summed E-state index contributed by atoms with van der Waals surface area (Å²) in [7, 11) is 1.66. The minimum Gasteiger partial charge on any atom is -0.497 e. The fourth-order valence-electron chi connectivity index (χ4n) is 2.06. The second-order valence-electron chi connectivity index (χ2n) is 4.92. The average Bonchev–Trinajstić information content (AvgIpc) is 2.62. The van der Waals surface area contributed by atoms with Crippen LogP contribution in [0.15, 0.2) is 59.7 Å². The maximum atomic E-state index is 5.26. The highest BCUT2D eigenvalue weighted by atomic mass is 32.1. The van der Waals surface area contributed by atoms with E-state index in [0.29, 0.717) is 11.7 Å². The number of ether oxygens (including phenoxy) is 1. The summed E-state index contributed by atoms with van der Waals surface area (Å²) in [4.78, 5) is 0. The Morgan fingerprint density at radius 1 is 1.09 bits per heavy atom. The molecule has 0 spiro atoms. The van der Waals surface area contributed by atoms with Crippen molar-refractivity contribution < 1.29 is 4.74 Å². The van der Waals surface area contributed by atoms with Gasteiger partial charge in [-0.25, -0.2) is 0 Å². The molecule has 2 rings (SSSR count). The van der Waals surface area contributed by atoms with Crippen molar-refractivity contribution in [2.45, 2.75) is 19.9 Å². The normalized spacial score (nSPS) is 11.0. The molecular formula is C18H21N3OS. The molecule has 0 aliphatic rings. The molecule has 0 aliphatic heterocycles. The number of benzene rings is 2. The first-order valence-electron chi connectivity index (χ1n) is 7.51. The second-order valence-corrected chi connectivity index (χ2v) is 5.33. The quantitative estimate of drug-likeness (QED) is 0.484. The molecule has 0 saturated carbocycles. The van der Waals surface area contributed by atoms with Crippen LogP contribution in [0.1, 0.15) is 24.5 Å². The van der Waals surface area contributed by atoms with E-state index >= 15 is 0 Å². The van der Waals surface area contributed by atoms with Crippen LogP contribution in [0.2, 0.25) is 0 Å². The van der Waals surface area contributed by atoms with Gasteiger partial charge in [-0.15, -0.1) is 0 Å². The van der Waals surface area contributed by atoms with Gasteiger partial charge >= 0.3 is 0 Å². The lowest BCUT2D eigenvalue weighted by Gasteiger charge is -2.09. The van der Waals surface area contributed by atoms with Gasteiger partial charge in [0.05, 0.1) is 12.8 Å². The van der Waals surface area contributed by atoms with Crippen LogP contribution in [0.25, 0.3) is 0 Å². The first-order valence-corrected chi connectivity index (χ1v) is 7.92. The van der Waals surface area contributed by atoms with Gasteiger partial charge in [0.1, 0.15) is 5.75 Å². The highest BCUT2D eigenvalue weighted by Crippen LogP contribution is 2.10. The molecule has 0 bridgehead atoms. The number of nitrogens with one attached hydrogen (secondary N) is 2. The van der Waals surface area contributed by atoms with Crippen LogP contribution >= 0.6 is 12.2 Å². The lowest BCUT2D eigenvalue weighted by Crippen LogP contribution is -2.32. The Labute approximate surface area is 142 Å². The summed E-state index contributed by atoms with van der Waals surface area (Å²) in [5.41, 5.74) is 6.10. The van der Waals surface area contributed by atoms with Crippen molar-refractivity contribution in [3.63, 3.8) is 0 Å². The zero-order valence-electron chi connectivity index (χ0n) is 13.4. The molecule has 2 aromatic carbocycles. The van der Waals surface area contributed by atoms with E-state index in [1.807, 2.05) is 54.6 Å². The Balaban J connectivity index is 1.87. The number of rotatable bonds is 6. The molecule has 0 fully saturated rings. The lowest BCUT2D eigenvalue weighted by atomic mass is 10.1. The van der Waals surface area contributed by atoms with E-state index in [1.165, 1.54) is 0 Å². The fourth-order valence-corrected chi connectivity index (χ4v) is 2.18. The van der Waals surface area contributed by atoms with E-state index in [1.54, 1.807) is 7.11 Å². The maximum absolute atomic E-state index is 5.26. The van der Waals surface area contributed by atoms with Crippen LogP contribution < -0.4 is 15.5 Å². The van der Waals surface area contributed by atoms with E-state index in [9.17, 15) is 0 Å². The van der Waals surface area contributed by atoms with Gasteiger partial charge in [-0.05, 0) is 41.9 Å². The summed E-state index contributed by atoms with van der Waals surface area (Å²) in [6, 6.07) is 17.9. The molecule has 2 aromatic rings. The molecule has 0 aliphatic carbocycles. The predicted octanol–water partition coefficient (Wildman–Crippen LogP) is 3.47. The van der Waals surface area contributed by atoms with Crippen molar-refractivity contribution in [2.75, 3.05) is 7.11 Å². The van der Waals surface area contributed by atoms with Crippen LogP contribution in [0.4, 0.5) is 0 Å². The number of hydrogen-bond donors (Lipinski definition) is 2. The third-order valence-electron chi connectivity index (χ3n) is 3.35. The van der Waals surface area contributed by atoms with Gasteiger partial charge in [0, 0.05) is 6.54 Å². The fraction of sp³-hybridized carbons (Fsp3) is 0.222. The Hall–Kier alpha value is -2.40. The number of nitrogens with zero attached hydrogens (tertiary/aromatic N) is 1. The van der Waals surface area contributed by atoms with E-state index in [-0.39, 0.29) is 0 Å². The monoisotopic (exact) mass is 327 g/mol. The molecule has 120 valence electrons. The van der Waals surface area contributed by atoms with Crippen molar-refractivity contribution in [1.29, 1.82) is 0 Å². The summed E-state index contributed by atoms with van der Waals surface area (Å²) in [5, 5.41) is 8.04. The first-order chi connectivity index (χ1) is 11.2. The minimum absolute atomic E-state index is 0.502. The van der Waals surface area contributed by atoms with Crippen molar-refractivity contribution in [3.8, 4) is 5.75 Å². The van der Waals surface area contributed by atoms with E-state index < -0.39 is 0 Å². The third kappa shape index (κ3) is 5.38. The standard InChI is InChI=1S/C18H21N3OS/c1-3-17(15-7-5-4-6-8-15)20-21-18(23)19-13-14-9-11-16(22-2)12-10-14/h4-12H,3,13H2,1-2H3,(H2,19,21,23)/b20-17-. The smallest absolute Gasteiger partial charge is 0.187 e. The van der Waals surface area contributed by atoms with Crippen molar-refractivity contribution in [2.24, 2.45) is 5.10 Å². The van der Waals surface area contributed by atoms with Crippen molar-refractivity contribution in [1.82, 2.24) is 10.7 Å². The molecule has 0 radical (unpaired) electrons. The van der Waals surface area contributed by atoms with Crippen molar-refractivity contribution in [3.05, 3.63) is 65.7 Å². The Morgan fingerprint density at radius 3 is 2.39 bits per heavy atom. The molecule has 0 heterocycles. The summed E-state index contributed by atoms with van der Waals surface area (Å²) in [6.07, 6.45) is 0.831. The van der Waals surface area contributed by atoms with Crippen LogP contribution in [0.3, 0.4) is 0 Å². The zero-order chi connectivity index (χ0) is 16.5. The Morgan fingerprint density at radius 2 is 1.78 bits per heavy atom. The van der Waals surface area contributed by atoms with Gasteiger partial charge in [0.2, 0.25) is 0 Å². The minimum atomic E-state index is 0.502. The molecule has 0 unspecified atom stereocenters. The van der Waals surface area contributed by atoms with E-state index in [0.717, 1.165) is 29.0 Å². The molecule has 23 heavy (non-hydrogen) atoms.